The number of rotatable bonds is 3. The van der Waals surface area contributed by atoms with Crippen molar-refractivity contribution in [3.63, 3.8) is 0 Å². The van der Waals surface area contributed by atoms with E-state index in [2.05, 4.69) is 5.32 Å². The lowest BCUT2D eigenvalue weighted by molar-refractivity contribution is -0.162. The van der Waals surface area contributed by atoms with E-state index in [4.69, 9.17) is 4.74 Å². The molecule has 14 heavy (non-hydrogen) atoms. The predicted octanol–water partition coefficient (Wildman–Crippen LogP) is 1.10. The molecule has 0 saturated carbocycles. The van der Waals surface area contributed by atoms with Crippen LogP contribution in [0.1, 0.15) is 34.1 Å². The first kappa shape index (κ1) is 12.9. The fourth-order valence-electron chi connectivity index (χ4n) is 1.01. The summed E-state index contributed by atoms with van der Waals surface area (Å²) < 4.78 is 5.11. The zero-order chi connectivity index (χ0) is 11.4. The standard InChI is InChI=1S/C10H19NO3/c1-6-7(8(12)11-5)9(13)14-10(2,3)4/h7H,6H2,1-5H3,(H,11,12). The van der Waals surface area contributed by atoms with E-state index < -0.39 is 17.5 Å². The Labute approximate surface area is 85.0 Å². The third-order valence-corrected chi connectivity index (χ3v) is 1.66. The van der Waals surface area contributed by atoms with Gasteiger partial charge in [0.05, 0.1) is 0 Å². The molecule has 0 aliphatic carbocycles. The summed E-state index contributed by atoms with van der Waals surface area (Å²) in [5.74, 6) is -1.44. The van der Waals surface area contributed by atoms with Gasteiger partial charge < -0.3 is 10.1 Å². The molecule has 0 fully saturated rings. The Morgan fingerprint density at radius 2 is 1.86 bits per heavy atom. The minimum Gasteiger partial charge on any atom is -0.459 e. The first-order valence-electron chi connectivity index (χ1n) is 4.76. The second kappa shape index (κ2) is 4.98. The molecule has 1 unspecified atom stereocenters. The molecule has 0 rings (SSSR count). The zero-order valence-electron chi connectivity index (χ0n) is 9.51. The maximum absolute atomic E-state index is 11.5. The smallest absolute Gasteiger partial charge is 0.318 e. The molecule has 0 saturated heterocycles. The molecule has 4 heteroatoms. The first-order valence-corrected chi connectivity index (χ1v) is 4.76. The number of nitrogens with one attached hydrogen (secondary N) is 1. The van der Waals surface area contributed by atoms with E-state index in [-0.39, 0.29) is 5.91 Å². The van der Waals surface area contributed by atoms with Gasteiger partial charge in [0, 0.05) is 7.05 Å². The van der Waals surface area contributed by atoms with Crippen molar-refractivity contribution in [1.82, 2.24) is 5.32 Å². The lowest BCUT2D eigenvalue weighted by Crippen LogP contribution is -2.37. The largest absolute Gasteiger partial charge is 0.459 e. The summed E-state index contributed by atoms with van der Waals surface area (Å²) in [7, 11) is 1.51. The summed E-state index contributed by atoms with van der Waals surface area (Å²) in [6.45, 7) is 7.12. The van der Waals surface area contributed by atoms with Crippen molar-refractivity contribution in [1.29, 1.82) is 0 Å². The Balaban J connectivity index is 4.40. The molecule has 1 atom stereocenters. The van der Waals surface area contributed by atoms with E-state index in [0.717, 1.165) is 0 Å². The molecule has 0 aromatic rings. The topological polar surface area (TPSA) is 55.4 Å². The van der Waals surface area contributed by atoms with Crippen LogP contribution in [0.3, 0.4) is 0 Å². The molecule has 0 aromatic heterocycles. The monoisotopic (exact) mass is 201 g/mol. The maximum Gasteiger partial charge on any atom is 0.318 e. The van der Waals surface area contributed by atoms with E-state index in [0.29, 0.717) is 6.42 Å². The van der Waals surface area contributed by atoms with Crippen LogP contribution in [0, 0.1) is 5.92 Å². The third kappa shape index (κ3) is 4.25. The number of ether oxygens (including phenoxy) is 1. The summed E-state index contributed by atoms with van der Waals surface area (Å²) in [5, 5.41) is 2.44. The van der Waals surface area contributed by atoms with Gasteiger partial charge in [0.2, 0.25) is 5.91 Å². The average Bonchev–Trinajstić information content (AvgIpc) is 2.01. The highest BCUT2D eigenvalue weighted by Crippen LogP contribution is 2.13. The first-order chi connectivity index (χ1) is 6.31. The van der Waals surface area contributed by atoms with Crippen molar-refractivity contribution in [3.8, 4) is 0 Å². The predicted molar refractivity (Wildman–Crippen MR) is 53.7 cm³/mol. The van der Waals surface area contributed by atoms with Crippen LogP contribution in [-0.4, -0.2) is 24.5 Å². The van der Waals surface area contributed by atoms with Crippen LogP contribution in [0.4, 0.5) is 0 Å². The second-order valence-electron chi connectivity index (χ2n) is 4.11. The fraction of sp³-hybridized carbons (Fsp3) is 0.800. The van der Waals surface area contributed by atoms with Crippen LogP contribution in [-0.2, 0) is 14.3 Å². The minimum atomic E-state index is -0.695. The molecule has 0 aliphatic rings. The van der Waals surface area contributed by atoms with Gasteiger partial charge in [-0.2, -0.15) is 0 Å². The highest BCUT2D eigenvalue weighted by Gasteiger charge is 2.28. The highest BCUT2D eigenvalue weighted by atomic mass is 16.6. The van der Waals surface area contributed by atoms with Gasteiger partial charge >= 0.3 is 5.97 Å². The molecule has 0 aromatic carbocycles. The van der Waals surface area contributed by atoms with Crippen LogP contribution in [0.2, 0.25) is 0 Å². The second-order valence-corrected chi connectivity index (χ2v) is 4.11. The van der Waals surface area contributed by atoms with Gasteiger partial charge in [-0.3, -0.25) is 9.59 Å². The number of esters is 1. The van der Waals surface area contributed by atoms with Gasteiger partial charge in [-0.05, 0) is 27.2 Å². The quantitative estimate of drug-likeness (QED) is 0.549. The van der Waals surface area contributed by atoms with Crippen LogP contribution in [0.5, 0.6) is 0 Å². The van der Waals surface area contributed by atoms with Crippen molar-refractivity contribution in [2.75, 3.05) is 7.05 Å². The highest BCUT2D eigenvalue weighted by molar-refractivity contribution is 5.97. The van der Waals surface area contributed by atoms with Gasteiger partial charge in [-0.1, -0.05) is 6.92 Å². The average molecular weight is 201 g/mol. The molecule has 1 amide bonds. The Morgan fingerprint density at radius 1 is 1.36 bits per heavy atom. The summed E-state index contributed by atoms with van der Waals surface area (Å²) in [5.41, 5.74) is -0.543. The van der Waals surface area contributed by atoms with Gasteiger partial charge in [0.1, 0.15) is 11.5 Å². The molecule has 0 aliphatic heterocycles. The molecule has 0 radical (unpaired) electrons. The SMILES string of the molecule is CCC(C(=O)NC)C(=O)OC(C)(C)C. The molecule has 1 N–H and O–H groups in total. The van der Waals surface area contributed by atoms with Crippen molar-refractivity contribution >= 4 is 11.9 Å². The number of hydrogen-bond acceptors (Lipinski definition) is 3. The Morgan fingerprint density at radius 3 is 2.14 bits per heavy atom. The number of hydrogen-bond donors (Lipinski definition) is 1. The van der Waals surface area contributed by atoms with E-state index in [1.165, 1.54) is 7.05 Å². The summed E-state index contributed by atoms with van der Waals surface area (Å²) in [6.07, 6.45) is 0.453. The number of carbonyl (C=O) groups excluding carboxylic acids is 2. The van der Waals surface area contributed by atoms with Gasteiger partial charge in [-0.15, -0.1) is 0 Å². The number of carbonyl (C=O) groups is 2. The summed E-state index contributed by atoms with van der Waals surface area (Å²) in [6, 6.07) is 0. The van der Waals surface area contributed by atoms with Crippen molar-refractivity contribution < 1.29 is 14.3 Å². The lowest BCUT2D eigenvalue weighted by atomic mass is 10.1. The van der Waals surface area contributed by atoms with Gasteiger partial charge in [-0.25, -0.2) is 0 Å². The molecule has 82 valence electrons. The van der Waals surface area contributed by atoms with Crippen molar-refractivity contribution in [2.45, 2.75) is 39.7 Å². The van der Waals surface area contributed by atoms with E-state index in [1.807, 2.05) is 0 Å². The summed E-state index contributed by atoms with van der Waals surface area (Å²) >= 11 is 0. The lowest BCUT2D eigenvalue weighted by Gasteiger charge is -2.22. The van der Waals surface area contributed by atoms with Crippen LogP contribution in [0.25, 0.3) is 0 Å². The molecule has 0 heterocycles. The summed E-state index contributed by atoms with van der Waals surface area (Å²) in [4.78, 5) is 22.8. The third-order valence-electron chi connectivity index (χ3n) is 1.66. The maximum atomic E-state index is 11.5. The van der Waals surface area contributed by atoms with Gasteiger partial charge in [0.25, 0.3) is 0 Å². The zero-order valence-corrected chi connectivity index (χ0v) is 9.51. The molecule has 0 bridgehead atoms. The molecular formula is C10H19NO3. The van der Waals surface area contributed by atoms with Crippen molar-refractivity contribution in [3.05, 3.63) is 0 Å². The fourth-order valence-corrected chi connectivity index (χ4v) is 1.01. The Kier molecular flexibility index (Phi) is 4.60. The van der Waals surface area contributed by atoms with Crippen LogP contribution in [0.15, 0.2) is 0 Å². The molecule has 0 spiro atoms. The molecule has 4 nitrogen and oxygen atoms in total. The van der Waals surface area contributed by atoms with Crippen LogP contribution < -0.4 is 5.32 Å². The van der Waals surface area contributed by atoms with Crippen molar-refractivity contribution in [2.24, 2.45) is 5.92 Å². The number of amides is 1. The van der Waals surface area contributed by atoms with E-state index >= 15 is 0 Å². The Hall–Kier alpha value is -1.06. The minimum absolute atomic E-state index is 0.290. The van der Waals surface area contributed by atoms with Crippen LogP contribution >= 0.6 is 0 Å². The van der Waals surface area contributed by atoms with E-state index in [9.17, 15) is 9.59 Å². The normalized spacial score (nSPS) is 13.2. The van der Waals surface area contributed by atoms with E-state index in [1.54, 1.807) is 27.7 Å². The molecular weight excluding hydrogens is 182 g/mol. The Bertz CT molecular complexity index is 218. The van der Waals surface area contributed by atoms with Gasteiger partial charge in [0.15, 0.2) is 0 Å².